The molecule has 0 aliphatic carbocycles. The Hall–Kier alpha value is -1.43. The van der Waals surface area contributed by atoms with E-state index in [-0.39, 0.29) is 0 Å². The van der Waals surface area contributed by atoms with Crippen molar-refractivity contribution < 1.29 is 0 Å². The number of nitrogens with zero attached hydrogens (tertiary/aromatic N) is 2. The van der Waals surface area contributed by atoms with Gasteiger partial charge >= 0.3 is 0 Å². The van der Waals surface area contributed by atoms with E-state index in [4.69, 9.17) is 11.0 Å². The molecular formula is C9H13N3. The molecule has 1 rings (SSSR count). The summed E-state index contributed by atoms with van der Waals surface area (Å²) in [6.45, 7) is 4.00. The number of rotatable bonds is 1. The zero-order valence-electron chi connectivity index (χ0n) is 7.68. The second-order valence-corrected chi connectivity index (χ2v) is 2.86. The largest absolute Gasteiger partial charge is 0.384 e. The standard InChI is InChI=1S/C9H13N3/c1-4-8-6(2)7(5-10)9(11)12(8)3/h4,11H2,1-3H3. The molecule has 12 heavy (non-hydrogen) atoms. The lowest BCUT2D eigenvalue weighted by Gasteiger charge is -2.01. The van der Waals surface area contributed by atoms with Crippen LogP contribution < -0.4 is 5.73 Å². The van der Waals surface area contributed by atoms with Crippen LogP contribution in [0.3, 0.4) is 0 Å². The Labute approximate surface area is 72.4 Å². The minimum Gasteiger partial charge on any atom is -0.384 e. The Morgan fingerprint density at radius 2 is 2.17 bits per heavy atom. The van der Waals surface area contributed by atoms with Gasteiger partial charge in [0.2, 0.25) is 0 Å². The predicted octanol–water partition coefficient (Wildman–Crippen LogP) is 1.35. The van der Waals surface area contributed by atoms with Gasteiger partial charge in [-0.25, -0.2) is 0 Å². The van der Waals surface area contributed by atoms with E-state index in [1.165, 1.54) is 0 Å². The van der Waals surface area contributed by atoms with Gasteiger partial charge in [0, 0.05) is 12.7 Å². The van der Waals surface area contributed by atoms with Crippen LogP contribution in [0.1, 0.15) is 23.7 Å². The molecule has 0 amide bonds. The highest BCUT2D eigenvalue weighted by molar-refractivity contribution is 5.57. The van der Waals surface area contributed by atoms with Crippen LogP contribution in [0.2, 0.25) is 0 Å². The fourth-order valence-electron chi connectivity index (χ4n) is 1.54. The van der Waals surface area contributed by atoms with Crippen molar-refractivity contribution in [2.24, 2.45) is 7.05 Å². The monoisotopic (exact) mass is 163 g/mol. The molecule has 0 spiro atoms. The number of hydrogen-bond donors (Lipinski definition) is 1. The van der Waals surface area contributed by atoms with Gasteiger partial charge in [0.05, 0.1) is 5.56 Å². The highest BCUT2D eigenvalue weighted by Crippen LogP contribution is 2.22. The summed E-state index contributed by atoms with van der Waals surface area (Å²) in [6, 6.07) is 2.11. The molecule has 0 atom stereocenters. The van der Waals surface area contributed by atoms with E-state index in [2.05, 4.69) is 13.0 Å². The van der Waals surface area contributed by atoms with Crippen molar-refractivity contribution >= 4 is 5.82 Å². The molecule has 1 aromatic heterocycles. The van der Waals surface area contributed by atoms with Crippen LogP contribution in [0, 0.1) is 18.3 Å². The maximum absolute atomic E-state index is 8.79. The molecule has 0 saturated heterocycles. The second kappa shape index (κ2) is 2.90. The van der Waals surface area contributed by atoms with Gasteiger partial charge in [-0.3, -0.25) is 0 Å². The fraction of sp³-hybridized carbons (Fsp3) is 0.444. The Morgan fingerprint density at radius 1 is 1.58 bits per heavy atom. The summed E-state index contributed by atoms with van der Waals surface area (Å²) in [6.07, 6.45) is 0.911. The lowest BCUT2D eigenvalue weighted by molar-refractivity contribution is 0.841. The SMILES string of the molecule is CCc1c(C)c(C#N)c(N)n1C. The van der Waals surface area contributed by atoms with Gasteiger partial charge in [-0.05, 0) is 18.9 Å². The summed E-state index contributed by atoms with van der Waals surface area (Å²) in [5, 5.41) is 8.79. The number of nitriles is 1. The van der Waals surface area contributed by atoms with Crippen molar-refractivity contribution in [3.05, 3.63) is 16.8 Å². The third kappa shape index (κ3) is 0.964. The molecule has 0 saturated carbocycles. The van der Waals surface area contributed by atoms with Gasteiger partial charge in [-0.1, -0.05) is 6.92 Å². The first-order chi connectivity index (χ1) is 5.63. The summed E-state index contributed by atoms with van der Waals surface area (Å²) in [7, 11) is 1.89. The number of anilines is 1. The van der Waals surface area contributed by atoms with Crippen molar-refractivity contribution in [2.75, 3.05) is 5.73 Å². The lowest BCUT2D eigenvalue weighted by atomic mass is 10.1. The van der Waals surface area contributed by atoms with Gasteiger partial charge in [0.1, 0.15) is 11.9 Å². The molecule has 0 aliphatic heterocycles. The lowest BCUT2D eigenvalue weighted by Crippen LogP contribution is -2.00. The highest BCUT2D eigenvalue weighted by atomic mass is 15.0. The zero-order valence-corrected chi connectivity index (χ0v) is 7.68. The van der Waals surface area contributed by atoms with Gasteiger partial charge in [0.25, 0.3) is 0 Å². The Bertz CT molecular complexity index is 342. The number of aromatic nitrogens is 1. The summed E-state index contributed by atoms with van der Waals surface area (Å²) in [4.78, 5) is 0. The highest BCUT2D eigenvalue weighted by Gasteiger charge is 2.13. The average molecular weight is 163 g/mol. The molecule has 3 heteroatoms. The zero-order chi connectivity index (χ0) is 9.30. The Balaban J connectivity index is 3.45. The van der Waals surface area contributed by atoms with E-state index in [1.807, 2.05) is 18.5 Å². The van der Waals surface area contributed by atoms with E-state index >= 15 is 0 Å². The van der Waals surface area contributed by atoms with Crippen LogP contribution in [0.5, 0.6) is 0 Å². The fourth-order valence-corrected chi connectivity index (χ4v) is 1.54. The third-order valence-electron chi connectivity index (χ3n) is 2.28. The average Bonchev–Trinajstić information content (AvgIpc) is 2.25. The second-order valence-electron chi connectivity index (χ2n) is 2.86. The normalized spacial score (nSPS) is 9.83. The third-order valence-corrected chi connectivity index (χ3v) is 2.28. The van der Waals surface area contributed by atoms with Crippen LogP contribution in [0.4, 0.5) is 5.82 Å². The predicted molar refractivity (Wildman–Crippen MR) is 48.7 cm³/mol. The van der Waals surface area contributed by atoms with Crippen molar-refractivity contribution in [1.82, 2.24) is 4.57 Å². The Morgan fingerprint density at radius 3 is 2.42 bits per heavy atom. The number of nitrogens with two attached hydrogens (primary N) is 1. The molecule has 0 aromatic carbocycles. The van der Waals surface area contributed by atoms with E-state index in [1.54, 1.807) is 0 Å². The van der Waals surface area contributed by atoms with E-state index in [9.17, 15) is 0 Å². The quantitative estimate of drug-likeness (QED) is 0.679. The van der Waals surface area contributed by atoms with Crippen LogP contribution >= 0.6 is 0 Å². The van der Waals surface area contributed by atoms with Gasteiger partial charge in [-0.2, -0.15) is 5.26 Å². The molecule has 0 bridgehead atoms. The van der Waals surface area contributed by atoms with Crippen LogP contribution in [-0.2, 0) is 13.5 Å². The number of hydrogen-bond acceptors (Lipinski definition) is 2. The first-order valence-electron chi connectivity index (χ1n) is 3.97. The van der Waals surface area contributed by atoms with Gasteiger partial charge < -0.3 is 10.3 Å². The summed E-state index contributed by atoms with van der Waals surface area (Å²) >= 11 is 0. The van der Waals surface area contributed by atoms with Crippen molar-refractivity contribution in [3.8, 4) is 6.07 Å². The molecule has 2 N–H and O–H groups in total. The van der Waals surface area contributed by atoms with Gasteiger partial charge in [0.15, 0.2) is 0 Å². The number of nitrogen functional groups attached to an aromatic ring is 1. The van der Waals surface area contributed by atoms with Gasteiger partial charge in [-0.15, -0.1) is 0 Å². The topological polar surface area (TPSA) is 54.7 Å². The van der Waals surface area contributed by atoms with Crippen LogP contribution in [0.25, 0.3) is 0 Å². The Kier molecular flexibility index (Phi) is 2.09. The maximum atomic E-state index is 8.79. The molecule has 64 valence electrons. The minimum atomic E-state index is 0.576. The first kappa shape index (κ1) is 8.66. The van der Waals surface area contributed by atoms with Crippen molar-refractivity contribution in [1.29, 1.82) is 5.26 Å². The molecule has 0 fully saturated rings. The molecule has 0 radical (unpaired) electrons. The van der Waals surface area contributed by atoms with E-state index in [0.29, 0.717) is 11.4 Å². The minimum absolute atomic E-state index is 0.576. The van der Waals surface area contributed by atoms with E-state index < -0.39 is 0 Å². The summed E-state index contributed by atoms with van der Waals surface area (Å²) in [5.41, 5.74) is 8.51. The summed E-state index contributed by atoms with van der Waals surface area (Å²) in [5.74, 6) is 0.576. The molecule has 0 unspecified atom stereocenters. The molecular weight excluding hydrogens is 150 g/mol. The summed E-state index contributed by atoms with van der Waals surface area (Å²) < 4.78 is 1.88. The maximum Gasteiger partial charge on any atom is 0.121 e. The molecule has 1 heterocycles. The smallest absolute Gasteiger partial charge is 0.121 e. The van der Waals surface area contributed by atoms with E-state index in [0.717, 1.165) is 17.7 Å². The van der Waals surface area contributed by atoms with Crippen LogP contribution in [0.15, 0.2) is 0 Å². The van der Waals surface area contributed by atoms with Crippen molar-refractivity contribution in [3.63, 3.8) is 0 Å². The van der Waals surface area contributed by atoms with Crippen LogP contribution in [-0.4, -0.2) is 4.57 Å². The molecule has 3 nitrogen and oxygen atoms in total. The molecule has 1 aromatic rings. The molecule has 0 aliphatic rings. The van der Waals surface area contributed by atoms with Crippen molar-refractivity contribution in [2.45, 2.75) is 20.3 Å². The first-order valence-corrected chi connectivity index (χ1v) is 3.97.